The van der Waals surface area contributed by atoms with Crippen molar-refractivity contribution in [2.24, 2.45) is 0 Å². The molecule has 0 saturated carbocycles. The molecule has 7 heteroatoms. The van der Waals surface area contributed by atoms with Crippen LogP contribution in [0.2, 0.25) is 0 Å². The van der Waals surface area contributed by atoms with E-state index in [1.165, 1.54) is 9.87 Å². The maximum atomic E-state index is 12.4. The van der Waals surface area contributed by atoms with Gasteiger partial charge in [-0.05, 0) is 26.3 Å². The number of aryl methyl sites for hydroxylation is 1. The zero-order valence-electron chi connectivity index (χ0n) is 15.0. The first kappa shape index (κ1) is 19.3. The summed E-state index contributed by atoms with van der Waals surface area (Å²) < 4.78 is 34.4. The maximum Gasteiger partial charge on any atom is 0.279 e. The average molecular weight is 356 g/mol. The van der Waals surface area contributed by atoms with Gasteiger partial charge in [0, 0.05) is 38.8 Å². The molecule has 24 heavy (non-hydrogen) atoms. The van der Waals surface area contributed by atoms with Gasteiger partial charge in [0.1, 0.15) is 0 Å². The highest BCUT2D eigenvalue weighted by molar-refractivity contribution is 7.87. The predicted molar refractivity (Wildman–Crippen MR) is 96.1 cm³/mol. The molecular formula is C17H29N3O3S. The van der Waals surface area contributed by atoms with Crippen molar-refractivity contribution < 1.29 is 13.2 Å². The van der Waals surface area contributed by atoms with E-state index in [-0.39, 0.29) is 12.1 Å². The minimum Gasteiger partial charge on any atom is -0.379 e. The molecule has 1 unspecified atom stereocenters. The molecule has 1 fully saturated rings. The van der Waals surface area contributed by atoms with Crippen LogP contribution in [0.3, 0.4) is 0 Å². The summed E-state index contributed by atoms with van der Waals surface area (Å²) in [6, 6.07) is 8.19. The van der Waals surface area contributed by atoms with Gasteiger partial charge in [0.15, 0.2) is 0 Å². The number of hydrogen-bond acceptors (Lipinski definition) is 4. The first-order valence-corrected chi connectivity index (χ1v) is 9.86. The van der Waals surface area contributed by atoms with Gasteiger partial charge in [-0.3, -0.25) is 4.90 Å². The summed E-state index contributed by atoms with van der Waals surface area (Å²) >= 11 is 0. The fourth-order valence-corrected chi connectivity index (χ4v) is 3.92. The summed E-state index contributed by atoms with van der Waals surface area (Å²) in [5.41, 5.74) is 2.31. The monoisotopic (exact) mass is 355 g/mol. The fraction of sp³-hybridized carbons (Fsp3) is 0.647. The van der Waals surface area contributed by atoms with Crippen LogP contribution in [0.1, 0.15) is 31.0 Å². The Balaban J connectivity index is 2.17. The average Bonchev–Trinajstić information content (AvgIpc) is 2.55. The number of hydrogen-bond donors (Lipinski definition) is 1. The molecule has 0 spiro atoms. The minimum atomic E-state index is -3.49. The summed E-state index contributed by atoms with van der Waals surface area (Å²) in [4.78, 5) is 2.29. The lowest BCUT2D eigenvalue weighted by atomic mass is 10.0. The van der Waals surface area contributed by atoms with Crippen molar-refractivity contribution in [3.63, 3.8) is 0 Å². The second kappa shape index (κ2) is 8.40. The van der Waals surface area contributed by atoms with E-state index in [0.717, 1.165) is 18.7 Å². The van der Waals surface area contributed by atoms with Crippen LogP contribution in [0.5, 0.6) is 0 Å². The van der Waals surface area contributed by atoms with E-state index in [0.29, 0.717) is 19.8 Å². The molecular weight excluding hydrogens is 326 g/mol. The minimum absolute atomic E-state index is 0.00383. The molecule has 1 heterocycles. The van der Waals surface area contributed by atoms with Gasteiger partial charge < -0.3 is 4.74 Å². The van der Waals surface area contributed by atoms with E-state index in [9.17, 15) is 8.42 Å². The molecule has 1 aromatic carbocycles. The maximum absolute atomic E-state index is 12.4. The van der Waals surface area contributed by atoms with Gasteiger partial charge in [0.25, 0.3) is 10.2 Å². The van der Waals surface area contributed by atoms with E-state index in [4.69, 9.17) is 4.74 Å². The van der Waals surface area contributed by atoms with Crippen molar-refractivity contribution in [2.45, 2.75) is 32.9 Å². The molecule has 1 aromatic rings. The molecule has 136 valence electrons. The summed E-state index contributed by atoms with van der Waals surface area (Å²) in [5.74, 6) is 0. The van der Waals surface area contributed by atoms with E-state index < -0.39 is 10.2 Å². The number of nitrogens with one attached hydrogen (secondary N) is 1. The molecule has 0 radical (unpaired) electrons. The lowest BCUT2D eigenvalue weighted by Crippen LogP contribution is -2.47. The van der Waals surface area contributed by atoms with Crippen LogP contribution in [-0.2, 0) is 14.9 Å². The van der Waals surface area contributed by atoms with Gasteiger partial charge in [-0.2, -0.15) is 12.7 Å². The molecule has 0 amide bonds. The van der Waals surface area contributed by atoms with Crippen LogP contribution in [-0.4, -0.2) is 63.6 Å². The number of ether oxygens (including phenoxy) is 1. The number of rotatable bonds is 7. The van der Waals surface area contributed by atoms with E-state index in [1.807, 2.05) is 19.9 Å². The Hall–Kier alpha value is -0.990. The molecule has 1 aliphatic rings. The standard InChI is InChI=1S/C17H29N3O3S/c1-14(2)19(4)24(21,22)18-13-17(20-8-10-23-11-9-20)16-7-5-6-15(3)12-16/h5-7,12,14,17-18H,8-11,13H2,1-4H3. The number of benzene rings is 1. The fourth-order valence-electron chi connectivity index (χ4n) is 2.79. The second-order valence-electron chi connectivity index (χ2n) is 6.54. The Kier molecular flexibility index (Phi) is 6.77. The van der Waals surface area contributed by atoms with Crippen LogP contribution in [0.4, 0.5) is 0 Å². The van der Waals surface area contributed by atoms with Crippen molar-refractivity contribution in [1.29, 1.82) is 0 Å². The zero-order valence-corrected chi connectivity index (χ0v) is 15.8. The van der Waals surface area contributed by atoms with Crippen LogP contribution in [0.15, 0.2) is 24.3 Å². The van der Waals surface area contributed by atoms with E-state index >= 15 is 0 Å². The highest BCUT2D eigenvalue weighted by Crippen LogP contribution is 2.22. The van der Waals surface area contributed by atoms with Gasteiger partial charge in [-0.15, -0.1) is 0 Å². The van der Waals surface area contributed by atoms with Gasteiger partial charge in [0.05, 0.1) is 13.2 Å². The van der Waals surface area contributed by atoms with E-state index in [2.05, 4.69) is 34.7 Å². The van der Waals surface area contributed by atoms with E-state index in [1.54, 1.807) is 7.05 Å². The molecule has 1 atom stereocenters. The predicted octanol–water partition coefficient (Wildman–Crippen LogP) is 1.54. The quantitative estimate of drug-likeness (QED) is 0.806. The first-order valence-electron chi connectivity index (χ1n) is 8.42. The summed E-state index contributed by atoms with van der Waals surface area (Å²) in [6.07, 6.45) is 0. The van der Waals surface area contributed by atoms with Gasteiger partial charge in [-0.25, -0.2) is 4.72 Å². The highest BCUT2D eigenvalue weighted by atomic mass is 32.2. The van der Waals surface area contributed by atoms with Crippen LogP contribution in [0, 0.1) is 6.92 Å². The summed E-state index contributed by atoms with van der Waals surface area (Å²) in [5, 5.41) is 0. The second-order valence-corrected chi connectivity index (χ2v) is 8.36. The Morgan fingerprint density at radius 2 is 1.96 bits per heavy atom. The van der Waals surface area contributed by atoms with Crippen molar-refractivity contribution in [2.75, 3.05) is 39.9 Å². The summed E-state index contributed by atoms with van der Waals surface area (Å²) in [7, 11) is -1.89. The smallest absolute Gasteiger partial charge is 0.279 e. The van der Waals surface area contributed by atoms with Gasteiger partial charge >= 0.3 is 0 Å². The number of morpholine rings is 1. The first-order chi connectivity index (χ1) is 11.3. The van der Waals surface area contributed by atoms with Crippen molar-refractivity contribution in [1.82, 2.24) is 13.9 Å². The molecule has 1 saturated heterocycles. The van der Waals surface area contributed by atoms with Crippen LogP contribution >= 0.6 is 0 Å². The SMILES string of the molecule is Cc1cccc(C(CNS(=O)(=O)N(C)C(C)C)N2CCOCC2)c1. The summed E-state index contributed by atoms with van der Waals surface area (Å²) in [6.45, 7) is 9.10. The van der Waals surface area contributed by atoms with Crippen LogP contribution < -0.4 is 4.72 Å². The molecule has 1 N–H and O–H groups in total. The third kappa shape index (κ3) is 5.00. The largest absolute Gasteiger partial charge is 0.379 e. The Labute approximate surface area is 146 Å². The van der Waals surface area contributed by atoms with Crippen molar-refractivity contribution in [3.05, 3.63) is 35.4 Å². The number of nitrogens with zero attached hydrogens (tertiary/aromatic N) is 2. The lowest BCUT2D eigenvalue weighted by Gasteiger charge is -2.35. The van der Waals surface area contributed by atoms with Crippen LogP contribution in [0.25, 0.3) is 0 Å². The molecule has 0 bridgehead atoms. The molecule has 1 aliphatic heterocycles. The molecule has 2 rings (SSSR count). The topological polar surface area (TPSA) is 61.9 Å². The highest BCUT2D eigenvalue weighted by Gasteiger charge is 2.26. The van der Waals surface area contributed by atoms with Crippen molar-refractivity contribution in [3.8, 4) is 0 Å². The van der Waals surface area contributed by atoms with Gasteiger partial charge in [0.2, 0.25) is 0 Å². The third-order valence-corrected chi connectivity index (χ3v) is 6.19. The van der Waals surface area contributed by atoms with Gasteiger partial charge in [-0.1, -0.05) is 29.8 Å². The lowest BCUT2D eigenvalue weighted by molar-refractivity contribution is 0.0171. The normalized spacial score (nSPS) is 18.2. The van der Waals surface area contributed by atoms with Crippen molar-refractivity contribution >= 4 is 10.2 Å². The molecule has 0 aromatic heterocycles. The molecule has 6 nitrogen and oxygen atoms in total. The Morgan fingerprint density at radius 1 is 1.29 bits per heavy atom. The molecule has 0 aliphatic carbocycles. The Morgan fingerprint density at radius 3 is 2.54 bits per heavy atom. The zero-order chi connectivity index (χ0) is 17.7. The third-order valence-electron chi connectivity index (χ3n) is 4.48. The Bertz CT molecular complexity index is 628.